The third-order valence-electron chi connectivity index (χ3n) is 6.43. The molecule has 2 rings (SSSR count). The summed E-state index contributed by atoms with van der Waals surface area (Å²) in [6.45, 7) is 3.73. The standard InChI is InChI=1S/C26H46NO5P/c1-2-3-4-5-6-7-8-9-10-11-12-14-17-25-22-26(30-23-25)24-32-33(28,29)31-21-20-27-18-15-13-16-19-27/h13,15-16,18-19,25-26H,2-12,14,17,20-24H2,1H3/p+1. The van der Waals surface area contributed by atoms with Gasteiger partial charge in [-0.25, -0.2) is 9.13 Å². The van der Waals surface area contributed by atoms with Gasteiger partial charge >= 0.3 is 7.82 Å². The largest absolute Gasteiger partial charge is 0.472 e. The van der Waals surface area contributed by atoms with Crippen LogP contribution in [0, 0.1) is 5.92 Å². The van der Waals surface area contributed by atoms with Crippen molar-refractivity contribution in [2.45, 2.75) is 109 Å². The van der Waals surface area contributed by atoms with E-state index in [9.17, 15) is 9.46 Å². The summed E-state index contributed by atoms with van der Waals surface area (Å²) in [5.74, 6) is 0.537. The lowest BCUT2D eigenvalue weighted by molar-refractivity contribution is -0.697. The van der Waals surface area contributed by atoms with Crippen LogP contribution in [0.2, 0.25) is 0 Å². The van der Waals surface area contributed by atoms with Gasteiger partial charge in [-0.1, -0.05) is 90.0 Å². The van der Waals surface area contributed by atoms with Crippen molar-refractivity contribution in [3.05, 3.63) is 30.6 Å². The average Bonchev–Trinajstić information content (AvgIpc) is 3.27. The molecule has 1 N–H and O–H groups in total. The first kappa shape index (κ1) is 28.5. The minimum Gasteiger partial charge on any atom is -0.376 e. The van der Waals surface area contributed by atoms with Gasteiger partial charge in [-0.15, -0.1) is 0 Å². The summed E-state index contributed by atoms with van der Waals surface area (Å²) >= 11 is 0. The number of ether oxygens (including phenoxy) is 1. The second-order valence-electron chi connectivity index (χ2n) is 9.45. The molecule has 0 aliphatic carbocycles. The van der Waals surface area contributed by atoms with Crippen molar-refractivity contribution in [2.75, 3.05) is 19.8 Å². The molecule has 0 amide bonds. The lowest BCUT2D eigenvalue weighted by atomic mass is 9.97. The predicted molar refractivity (Wildman–Crippen MR) is 132 cm³/mol. The average molecular weight is 485 g/mol. The van der Waals surface area contributed by atoms with Crippen LogP contribution >= 0.6 is 7.82 Å². The molecule has 190 valence electrons. The number of phosphoric acid groups is 1. The fourth-order valence-corrected chi connectivity index (χ4v) is 5.17. The van der Waals surface area contributed by atoms with Crippen molar-refractivity contribution >= 4 is 7.82 Å². The number of nitrogens with zero attached hydrogens (tertiary/aromatic N) is 1. The monoisotopic (exact) mass is 484 g/mol. The zero-order valence-corrected chi connectivity index (χ0v) is 21.6. The number of hydrogen-bond donors (Lipinski definition) is 1. The minimum absolute atomic E-state index is 0.111. The molecule has 1 aromatic heterocycles. The number of hydrogen-bond acceptors (Lipinski definition) is 4. The Morgan fingerprint density at radius 3 is 2.15 bits per heavy atom. The molecule has 0 saturated carbocycles. The third kappa shape index (κ3) is 14.3. The maximum atomic E-state index is 12.1. The van der Waals surface area contributed by atoms with Gasteiger partial charge in [0.25, 0.3) is 0 Å². The van der Waals surface area contributed by atoms with E-state index in [0.717, 1.165) is 13.0 Å². The van der Waals surface area contributed by atoms with Gasteiger partial charge in [-0.05, 0) is 18.8 Å². The Morgan fingerprint density at radius 1 is 0.909 bits per heavy atom. The van der Waals surface area contributed by atoms with Crippen LogP contribution in [-0.2, 0) is 24.9 Å². The van der Waals surface area contributed by atoms with E-state index in [4.69, 9.17) is 13.8 Å². The van der Waals surface area contributed by atoms with Crippen LogP contribution in [0.3, 0.4) is 0 Å². The molecule has 7 heteroatoms. The van der Waals surface area contributed by atoms with E-state index in [1.54, 1.807) is 0 Å². The number of aromatic nitrogens is 1. The van der Waals surface area contributed by atoms with E-state index in [1.165, 1.54) is 83.5 Å². The number of phosphoric ester groups is 1. The van der Waals surface area contributed by atoms with E-state index in [2.05, 4.69) is 6.92 Å². The molecular formula is C26H47NO5P+. The number of rotatable bonds is 20. The second kappa shape index (κ2) is 17.6. The first-order valence-corrected chi connectivity index (χ1v) is 14.8. The molecule has 0 radical (unpaired) electrons. The van der Waals surface area contributed by atoms with Crippen LogP contribution in [0.5, 0.6) is 0 Å². The normalized spacial score (nSPS) is 20.2. The van der Waals surface area contributed by atoms with Crippen molar-refractivity contribution in [3.63, 3.8) is 0 Å². The highest BCUT2D eigenvalue weighted by Crippen LogP contribution is 2.43. The zero-order chi connectivity index (χ0) is 23.6. The van der Waals surface area contributed by atoms with Crippen molar-refractivity contribution in [2.24, 2.45) is 5.92 Å². The van der Waals surface area contributed by atoms with Crippen molar-refractivity contribution in [1.82, 2.24) is 0 Å². The molecule has 1 saturated heterocycles. The quantitative estimate of drug-likeness (QED) is 0.128. The lowest BCUT2D eigenvalue weighted by Crippen LogP contribution is -2.34. The van der Waals surface area contributed by atoms with Crippen LogP contribution in [-0.4, -0.2) is 30.8 Å². The topological polar surface area (TPSA) is 68.9 Å². The lowest BCUT2D eigenvalue weighted by Gasteiger charge is -2.14. The van der Waals surface area contributed by atoms with Gasteiger partial charge in [0.2, 0.25) is 0 Å². The van der Waals surface area contributed by atoms with E-state index < -0.39 is 7.82 Å². The van der Waals surface area contributed by atoms with Gasteiger partial charge in [0.05, 0.1) is 12.7 Å². The molecule has 3 atom stereocenters. The Labute approximate surface area is 201 Å². The van der Waals surface area contributed by atoms with Crippen LogP contribution in [0.4, 0.5) is 0 Å². The molecule has 1 fully saturated rings. The molecule has 3 unspecified atom stereocenters. The summed E-state index contributed by atoms with van der Waals surface area (Å²) in [5.41, 5.74) is 0. The summed E-state index contributed by atoms with van der Waals surface area (Å²) in [5, 5.41) is 0. The molecular weight excluding hydrogens is 437 g/mol. The fourth-order valence-electron chi connectivity index (χ4n) is 4.43. The van der Waals surface area contributed by atoms with Gasteiger partial charge in [0, 0.05) is 18.7 Å². The van der Waals surface area contributed by atoms with Crippen LogP contribution in [0.15, 0.2) is 30.6 Å². The van der Waals surface area contributed by atoms with Crippen LogP contribution < -0.4 is 4.57 Å². The molecule has 2 heterocycles. The second-order valence-corrected chi connectivity index (χ2v) is 10.9. The number of pyridine rings is 1. The van der Waals surface area contributed by atoms with Gasteiger partial charge in [-0.2, -0.15) is 0 Å². The molecule has 1 aromatic rings. The van der Waals surface area contributed by atoms with Crippen molar-refractivity contribution in [1.29, 1.82) is 0 Å². The Kier molecular flexibility index (Phi) is 15.2. The summed E-state index contributed by atoms with van der Waals surface area (Å²) in [6.07, 6.45) is 22.1. The summed E-state index contributed by atoms with van der Waals surface area (Å²) < 4.78 is 30.0. The van der Waals surface area contributed by atoms with Gasteiger partial charge in [0.15, 0.2) is 18.9 Å². The van der Waals surface area contributed by atoms with E-state index in [-0.39, 0.29) is 19.3 Å². The van der Waals surface area contributed by atoms with Gasteiger partial charge in [-0.3, -0.25) is 9.05 Å². The summed E-state index contributed by atoms with van der Waals surface area (Å²) in [6, 6.07) is 5.73. The summed E-state index contributed by atoms with van der Waals surface area (Å²) in [7, 11) is -4.04. The Bertz CT molecular complexity index is 645. The molecule has 0 aromatic carbocycles. The highest BCUT2D eigenvalue weighted by Gasteiger charge is 2.29. The molecule has 6 nitrogen and oxygen atoms in total. The number of unbranched alkanes of at least 4 members (excludes halogenated alkanes) is 11. The van der Waals surface area contributed by atoms with Crippen LogP contribution in [0.25, 0.3) is 0 Å². The van der Waals surface area contributed by atoms with Crippen LogP contribution in [0.1, 0.15) is 96.8 Å². The Balaban J connectivity index is 1.41. The third-order valence-corrected chi connectivity index (χ3v) is 7.42. The molecule has 0 spiro atoms. The van der Waals surface area contributed by atoms with Gasteiger partial charge in [0.1, 0.15) is 6.61 Å². The fraction of sp³-hybridized carbons (Fsp3) is 0.808. The first-order chi connectivity index (χ1) is 16.1. The predicted octanol–water partition coefficient (Wildman–Crippen LogP) is 6.60. The SMILES string of the molecule is CCCCCCCCCCCCCCC1COC(COP(=O)(O)OCC[n+]2ccccc2)C1. The van der Waals surface area contributed by atoms with Crippen molar-refractivity contribution < 1.29 is 27.8 Å². The van der Waals surface area contributed by atoms with E-state index >= 15 is 0 Å². The van der Waals surface area contributed by atoms with E-state index in [1.807, 2.05) is 35.2 Å². The molecule has 0 bridgehead atoms. The molecule has 1 aliphatic rings. The van der Waals surface area contributed by atoms with Gasteiger partial charge < -0.3 is 9.63 Å². The maximum Gasteiger partial charge on any atom is 0.472 e. The van der Waals surface area contributed by atoms with E-state index in [0.29, 0.717) is 12.5 Å². The smallest absolute Gasteiger partial charge is 0.376 e. The Hall–Kier alpha value is -0.780. The molecule has 1 aliphatic heterocycles. The zero-order valence-electron chi connectivity index (χ0n) is 20.7. The highest BCUT2D eigenvalue weighted by atomic mass is 31.2. The Morgan fingerprint density at radius 2 is 1.52 bits per heavy atom. The highest BCUT2D eigenvalue weighted by molar-refractivity contribution is 7.47. The minimum atomic E-state index is -4.04. The molecule has 33 heavy (non-hydrogen) atoms. The van der Waals surface area contributed by atoms with Crippen molar-refractivity contribution in [3.8, 4) is 0 Å². The summed E-state index contributed by atoms with van der Waals surface area (Å²) in [4.78, 5) is 9.89. The maximum absolute atomic E-state index is 12.1. The first-order valence-electron chi connectivity index (χ1n) is 13.3.